The molecule has 0 bridgehead atoms. The Morgan fingerprint density at radius 3 is 2.48 bits per heavy atom. The summed E-state index contributed by atoms with van der Waals surface area (Å²) < 4.78 is 39.2. The van der Waals surface area contributed by atoms with Crippen LogP contribution in [0.1, 0.15) is 5.56 Å². The van der Waals surface area contributed by atoms with E-state index in [0.717, 1.165) is 17.1 Å². The molecular weight excluding hydrogens is 303 g/mol. The zero-order chi connectivity index (χ0) is 14.3. The Kier molecular flexibility index (Phi) is 5.00. The maximum Gasteiger partial charge on any atom is 1.00 e. The molecular formula is C14H11BF3KN2. The van der Waals surface area contributed by atoms with Crippen molar-refractivity contribution in [3.8, 4) is 11.4 Å². The predicted molar refractivity (Wildman–Crippen MR) is 75.0 cm³/mol. The van der Waals surface area contributed by atoms with Gasteiger partial charge in [-0.2, -0.15) is 0 Å². The zero-order valence-electron chi connectivity index (χ0n) is 11.7. The van der Waals surface area contributed by atoms with E-state index in [1.165, 1.54) is 12.1 Å². The number of H-pyrrole nitrogens is 1. The van der Waals surface area contributed by atoms with E-state index in [0.29, 0.717) is 5.52 Å². The molecule has 0 saturated carbocycles. The third-order valence-electron chi connectivity index (χ3n) is 3.21. The molecule has 102 valence electrons. The Hall–Kier alpha value is -0.599. The van der Waals surface area contributed by atoms with Crippen LogP contribution in [0.2, 0.25) is 0 Å². The standard InChI is InChI=1S/C14H11BF3N2.K/c1-9-6-7-12-13(8-9)20-14(19-12)10-4-2-3-5-11(10)15(16,17)18;/h2-8H,1H3,(H,19,20);/q-1;+1. The van der Waals surface area contributed by atoms with Crippen molar-refractivity contribution in [1.82, 2.24) is 9.97 Å². The topological polar surface area (TPSA) is 28.7 Å². The van der Waals surface area contributed by atoms with Gasteiger partial charge in [-0.3, -0.25) is 0 Å². The molecule has 0 fully saturated rings. The Labute approximate surface area is 162 Å². The average Bonchev–Trinajstić information content (AvgIpc) is 2.80. The van der Waals surface area contributed by atoms with Gasteiger partial charge >= 0.3 is 58.4 Å². The van der Waals surface area contributed by atoms with Crippen molar-refractivity contribution in [2.24, 2.45) is 0 Å². The molecule has 2 nitrogen and oxygen atoms in total. The largest absolute Gasteiger partial charge is 1.00 e. The number of aromatic amines is 1. The van der Waals surface area contributed by atoms with Crippen LogP contribution in [-0.4, -0.2) is 16.9 Å². The van der Waals surface area contributed by atoms with Crippen molar-refractivity contribution in [2.45, 2.75) is 6.92 Å². The Morgan fingerprint density at radius 1 is 1.05 bits per heavy atom. The first-order chi connectivity index (χ1) is 9.45. The van der Waals surface area contributed by atoms with Crippen molar-refractivity contribution in [3.05, 3.63) is 48.0 Å². The minimum Gasteiger partial charge on any atom is -0.445 e. The third kappa shape index (κ3) is 3.43. The quantitative estimate of drug-likeness (QED) is 0.690. The fourth-order valence-corrected chi connectivity index (χ4v) is 2.25. The van der Waals surface area contributed by atoms with Crippen LogP contribution in [0.25, 0.3) is 22.4 Å². The molecule has 0 spiro atoms. The maximum atomic E-state index is 13.1. The number of aryl methyl sites for hydroxylation is 1. The van der Waals surface area contributed by atoms with Gasteiger partial charge in [-0.1, -0.05) is 35.8 Å². The van der Waals surface area contributed by atoms with Gasteiger partial charge in [0.25, 0.3) is 0 Å². The summed E-state index contributed by atoms with van der Waals surface area (Å²) in [6.45, 7) is -3.14. The van der Waals surface area contributed by atoms with Crippen molar-refractivity contribution < 1.29 is 64.3 Å². The molecule has 0 saturated heterocycles. The molecule has 3 rings (SSSR count). The molecule has 0 amide bonds. The van der Waals surface area contributed by atoms with Gasteiger partial charge < -0.3 is 17.9 Å². The van der Waals surface area contributed by atoms with Crippen molar-refractivity contribution >= 4 is 23.5 Å². The van der Waals surface area contributed by atoms with E-state index >= 15 is 0 Å². The molecule has 21 heavy (non-hydrogen) atoms. The molecule has 1 N–H and O–H groups in total. The molecule has 7 heteroatoms. The molecule has 1 heterocycles. The second kappa shape index (κ2) is 6.26. The van der Waals surface area contributed by atoms with Gasteiger partial charge in [0, 0.05) is 0 Å². The molecule has 3 aromatic rings. The number of hydrogen-bond donors (Lipinski definition) is 1. The summed E-state index contributed by atoms with van der Waals surface area (Å²) in [7, 11) is 0. The Balaban J connectivity index is 0.00000161. The number of hydrogen-bond acceptors (Lipinski definition) is 1. The minimum atomic E-state index is -5.06. The molecule has 0 aliphatic rings. The summed E-state index contributed by atoms with van der Waals surface area (Å²) in [5.74, 6) is 0.250. The van der Waals surface area contributed by atoms with Crippen LogP contribution in [0, 0.1) is 6.92 Å². The Morgan fingerprint density at radius 2 is 1.76 bits per heavy atom. The zero-order valence-corrected chi connectivity index (χ0v) is 14.8. The van der Waals surface area contributed by atoms with Gasteiger partial charge in [0.2, 0.25) is 0 Å². The average molecular weight is 314 g/mol. The number of halogens is 3. The molecule has 1 aromatic heterocycles. The summed E-state index contributed by atoms with van der Waals surface area (Å²) in [6, 6.07) is 11.1. The van der Waals surface area contributed by atoms with E-state index in [4.69, 9.17) is 0 Å². The van der Waals surface area contributed by atoms with Gasteiger partial charge in [-0.05, 0) is 30.2 Å². The first-order valence-corrected chi connectivity index (χ1v) is 6.21. The molecule has 0 unspecified atom stereocenters. The first-order valence-electron chi connectivity index (χ1n) is 6.21. The summed E-state index contributed by atoms with van der Waals surface area (Å²) in [5, 5.41) is 0. The number of imidazole rings is 1. The van der Waals surface area contributed by atoms with Crippen LogP contribution in [-0.2, 0) is 0 Å². The van der Waals surface area contributed by atoms with E-state index in [9.17, 15) is 12.9 Å². The number of rotatable bonds is 2. The van der Waals surface area contributed by atoms with Gasteiger partial charge in [0.15, 0.2) is 0 Å². The van der Waals surface area contributed by atoms with Crippen LogP contribution < -0.4 is 56.8 Å². The van der Waals surface area contributed by atoms with Gasteiger partial charge in [0.1, 0.15) is 5.82 Å². The predicted octanol–water partition coefficient (Wildman–Crippen LogP) is 0.597. The van der Waals surface area contributed by atoms with Crippen molar-refractivity contribution in [2.75, 3.05) is 0 Å². The van der Waals surface area contributed by atoms with E-state index in [2.05, 4.69) is 9.97 Å². The second-order valence-electron chi connectivity index (χ2n) is 4.77. The molecule has 0 aliphatic heterocycles. The third-order valence-corrected chi connectivity index (χ3v) is 3.21. The maximum absolute atomic E-state index is 13.1. The summed E-state index contributed by atoms with van der Waals surface area (Å²) >= 11 is 0. The molecule has 0 atom stereocenters. The fourth-order valence-electron chi connectivity index (χ4n) is 2.25. The van der Waals surface area contributed by atoms with Crippen LogP contribution in [0.3, 0.4) is 0 Å². The molecule has 0 aliphatic carbocycles. The van der Waals surface area contributed by atoms with E-state index in [1.54, 1.807) is 12.1 Å². The molecule has 0 radical (unpaired) electrons. The van der Waals surface area contributed by atoms with E-state index < -0.39 is 12.4 Å². The van der Waals surface area contributed by atoms with E-state index in [-0.39, 0.29) is 62.8 Å². The SMILES string of the molecule is Cc1ccc2nc(-c3ccccc3[B-](F)(F)F)[nH]c2c1.[K+]. The van der Waals surface area contributed by atoms with Gasteiger partial charge in [0.05, 0.1) is 11.0 Å². The van der Waals surface area contributed by atoms with E-state index in [1.807, 2.05) is 19.1 Å². The van der Waals surface area contributed by atoms with Gasteiger partial charge in [-0.15, -0.1) is 0 Å². The normalized spacial score (nSPS) is 11.4. The second-order valence-corrected chi connectivity index (χ2v) is 4.77. The van der Waals surface area contributed by atoms with Crippen molar-refractivity contribution in [3.63, 3.8) is 0 Å². The molecule has 2 aromatic carbocycles. The Bertz CT molecular complexity index is 783. The summed E-state index contributed by atoms with van der Waals surface area (Å²) in [6.07, 6.45) is 0. The minimum absolute atomic E-state index is 0. The van der Waals surface area contributed by atoms with Crippen LogP contribution in [0.5, 0.6) is 0 Å². The first kappa shape index (κ1) is 16.8. The monoisotopic (exact) mass is 314 g/mol. The van der Waals surface area contributed by atoms with Gasteiger partial charge in [-0.25, -0.2) is 4.98 Å². The number of nitrogens with one attached hydrogen (secondary N) is 1. The van der Waals surface area contributed by atoms with Crippen molar-refractivity contribution in [1.29, 1.82) is 0 Å². The summed E-state index contributed by atoms with van der Waals surface area (Å²) in [4.78, 5) is 7.22. The number of benzene rings is 2. The van der Waals surface area contributed by atoms with Crippen LogP contribution >= 0.6 is 0 Å². The number of nitrogens with zero attached hydrogens (tertiary/aromatic N) is 1. The smallest absolute Gasteiger partial charge is 0.445 e. The fraction of sp³-hybridized carbons (Fsp3) is 0.0714. The summed E-state index contributed by atoms with van der Waals surface area (Å²) in [5.41, 5.74) is 1.90. The van der Waals surface area contributed by atoms with Crippen LogP contribution in [0.15, 0.2) is 42.5 Å². The number of fused-ring (bicyclic) bond motifs is 1. The number of aromatic nitrogens is 2. The van der Waals surface area contributed by atoms with Crippen LogP contribution in [0.4, 0.5) is 12.9 Å².